The topological polar surface area (TPSA) is 107 Å². The van der Waals surface area contributed by atoms with Crippen molar-refractivity contribution in [2.45, 2.75) is 33.1 Å². The summed E-state index contributed by atoms with van der Waals surface area (Å²) in [5.74, 6) is 0.989. The van der Waals surface area contributed by atoms with Gasteiger partial charge < -0.3 is 20.4 Å². The molecule has 0 saturated carbocycles. The first-order valence-corrected chi connectivity index (χ1v) is 14.5. The Morgan fingerprint density at radius 3 is 2.53 bits per heavy atom. The van der Waals surface area contributed by atoms with Crippen molar-refractivity contribution in [3.8, 4) is 17.3 Å². The molecule has 0 atom stereocenters. The van der Waals surface area contributed by atoms with Crippen molar-refractivity contribution < 1.29 is 4.79 Å². The molecule has 196 valence electrons. The molecule has 0 unspecified atom stereocenters. The number of carbonyl (C=O) groups excluding carboxylic acids is 1. The van der Waals surface area contributed by atoms with Gasteiger partial charge in [0.1, 0.15) is 27.5 Å². The predicted molar refractivity (Wildman–Crippen MR) is 153 cm³/mol. The molecule has 11 heteroatoms. The Kier molecular flexibility index (Phi) is 6.04. The number of thiazole rings is 2. The molecule has 1 aromatic carbocycles. The average Bonchev–Trinajstić information content (AvgIpc) is 3.60. The Hall–Kier alpha value is -3.62. The quantitative estimate of drug-likeness (QED) is 0.377. The van der Waals surface area contributed by atoms with Crippen LogP contribution in [0.3, 0.4) is 0 Å². The summed E-state index contributed by atoms with van der Waals surface area (Å²) in [6, 6.07) is 10.2. The second kappa shape index (κ2) is 9.29. The molecule has 5 heterocycles. The second-order valence-corrected chi connectivity index (χ2v) is 12.3. The van der Waals surface area contributed by atoms with Crippen LogP contribution in [0.1, 0.15) is 35.9 Å². The number of piperidine rings is 1. The van der Waals surface area contributed by atoms with E-state index in [0.717, 1.165) is 78.3 Å². The van der Waals surface area contributed by atoms with Crippen LogP contribution in [0.4, 0.5) is 20.7 Å². The van der Waals surface area contributed by atoms with Gasteiger partial charge in [-0.3, -0.25) is 4.40 Å². The van der Waals surface area contributed by atoms with Crippen molar-refractivity contribution in [3.63, 3.8) is 0 Å². The van der Waals surface area contributed by atoms with Crippen LogP contribution in [0.15, 0.2) is 30.5 Å². The molecule has 9 nitrogen and oxygen atoms in total. The summed E-state index contributed by atoms with van der Waals surface area (Å²) in [7, 11) is 2.00. The average molecular weight is 547 g/mol. The maximum absolute atomic E-state index is 11.4. The maximum atomic E-state index is 11.4. The molecule has 0 aliphatic carbocycles. The number of primary amides is 1. The maximum Gasteiger partial charge on any atom is 0.314 e. The number of imidazole rings is 1. The third-order valence-corrected chi connectivity index (χ3v) is 9.92. The lowest BCUT2D eigenvalue weighted by Crippen LogP contribution is -2.63. The monoisotopic (exact) mass is 546 g/mol. The molecule has 38 heavy (non-hydrogen) atoms. The number of likely N-dealkylation sites (tertiary alicyclic amines) is 1. The normalized spacial score (nSPS) is 16.6. The highest BCUT2D eigenvalue weighted by Crippen LogP contribution is 2.43. The van der Waals surface area contributed by atoms with E-state index in [4.69, 9.17) is 15.7 Å². The first kappa shape index (κ1) is 24.7. The van der Waals surface area contributed by atoms with Crippen molar-refractivity contribution in [1.29, 1.82) is 5.26 Å². The number of nitrogens with two attached hydrogens (primary N) is 1. The molecule has 2 saturated heterocycles. The lowest BCUT2D eigenvalue weighted by atomic mass is 9.72. The molecule has 2 aliphatic heterocycles. The number of fused-ring (bicyclic) bond motifs is 1. The SMILES string of the molecule is CCc1nc2sc(N3CCC4(CC3)CN(C(N)=O)C4)cn2c1N(C)c1nc(-c2ccc(C)cc2)c(C#N)s1. The number of aromatic nitrogens is 3. The van der Waals surface area contributed by atoms with Gasteiger partial charge in [0.2, 0.25) is 0 Å². The zero-order valence-electron chi connectivity index (χ0n) is 21.8. The Morgan fingerprint density at radius 1 is 1.18 bits per heavy atom. The van der Waals surface area contributed by atoms with Crippen molar-refractivity contribution in [3.05, 3.63) is 46.6 Å². The van der Waals surface area contributed by atoms with Crippen molar-refractivity contribution >= 4 is 49.6 Å². The van der Waals surface area contributed by atoms with E-state index in [9.17, 15) is 10.1 Å². The molecular weight excluding hydrogens is 516 g/mol. The summed E-state index contributed by atoms with van der Waals surface area (Å²) in [5, 5.41) is 11.8. The van der Waals surface area contributed by atoms with Gasteiger partial charge in [0.25, 0.3) is 0 Å². The van der Waals surface area contributed by atoms with Gasteiger partial charge >= 0.3 is 6.03 Å². The third kappa shape index (κ3) is 4.08. The lowest BCUT2D eigenvalue weighted by molar-refractivity contribution is 0.0145. The van der Waals surface area contributed by atoms with Crippen LogP contribution in [0, 0.1) is 23.7 Å². The fourth-order valence-electron chi connectivity index (χ4n) is 5.57. The fraction of sp³-hybridized carbons (Fsp3) is 0.407. The molecule has 4 aromatic rings. The number of hydrogen-bond donors (Lipinski definition) is 1. The lowest BCUT2D eigenvalue weighted by Gasteiger charge is -2.53. The number of urea groups is 1. The number of hydrogen-bond acceptors (Lipinski definition) is 8. The van der Waals surface area contributed by atoms with Gasteiger partial charge in [-0.15, -0.1) is 0 Å². The minimum atomic E-state index is -0.311. The molecule has 6 rings (SSSR count). The number of aryl methyl sites for hydroxylation is 2. The van der Waals surface area contributed by atoms with Crippen LogP contribution < -0.4 is 15.5 Å². The van der Waals surface area contributed by atoms with E-state index < -0.39 is 0 Å². The molecular formula is C27H30N8OS2. The Labute approximate surface area is 229 Å². The van der Waals surface area contributed by atoms with Gasteiger partial charge in [-0.2, -0.15) is 5.26 Å². The highest BCUT2D eigenvalue weighted by atomic mass is 32.1. The minimum Gasteiger partial charge on any atom is -0.362 e. The zero-order valence-corrected chi connectivity index (χ0v) is 23.4. The predicted octanol–water partition coefficient (Wildman–Crippen LogP) is 5.01. The highest BCUT2D eigenvalue weighted by Gasteiger charge is 2.46. The minimum absolute atomic E-state index is 0.224. The molecule has 3 aromatic heterocycles. The summed E-state index contributed by atoms with van der Waals surface area (Å²) >= 11 is 3.11. The van der Waals surface area contributed by atoms with Crippen LogP contribution in [0.5, 0.6) is 0 Å². The summed E-state index contributed by atoms with van der Waals surface area (Å²) in [5.41, 5.74) is 9.51. The van der Waals surface area contributed by atoms with Gasteiger partial charge in [0.15, 0.2) is 10.1 Å². The van der Waals surface area contributed by atoms with E-state index in [1.54, 1.807) is 16.2 Å². The molecule has 2 aliphatic rings. The first-order valence-electron chi connectivity index (χ1n) is 12.8. The van der Waals surface area contributed by atoms with Gasteiger partial charge in [-0.1, -0.05) is 59.4 Å². The van der Waals surface area contributed by atoms with Crippen molar-refractivity contribution in [1.82, 2.24) is 19.3 Å². The molecule has 2 N–H and O–H groups in total. The number of rotatable bonds is 5. The Bertz CT molecular complexity index is 1540. The second-order valence-electron chi connectivity index (χ2n) is 10.3. The van der Waals surface area contributed by atoms with E-state index in [2.05, 4.69) is 33.4 Å². The number of carbonyl (C=O) groups is 1. The van der Waals surface area contributed by atoms with E-state index in [1.807, 2.05) is 38.2 Å². The fourth-order valence-corrected chi connectivity index (χ4v) is 7.47. The van der Waals surface area contributed by atoms with Crippen LogP contribution in [0.2, 0.25) is 0 Å². The van der Waals surface area contributed by atoms with Crippen molar-refractivity contribution in [2.75, 3.05) is 43.0 Å². The third-order valence-electron chi connectivity index (χ3n) is 7.84. The first-order chi connectivity index (χ1) is 18.3. The summed E-state index contributed by atoms with van der Waals surface area (Å²) in [4.78, 5) is 29.1. The number of amides is 2. The molecule has 0 bridgehead atoms. The zero-order chi connectivity index (χ0) is 26.6. The molecule has 2 amide bonds. The summed E-state index contributed by atoms with van der Waals surface area (Å²) in [6.07, 6.45) is 5.10. The Morgan fingerprint density at radius 2 is 1.89 bits per heavy atom. The highest BCUT2D eigenvalue weighted by molar-refractivity contribution is 7.21. The number of nitriles is 1. The van der Waals surface area contributed by atoms with Gasteiger partial charge in [-0.25, -0.2) is 14.8 Å². The van der Waals surface area contributed by atoms with Crippen LogP contribution in [-0.2, 0) is 6.42 Å². The Balaban J connectivity index is 1.27. The van der Waals surface area contributed by atoms with Crippen LogP contribution in [-0.4, -0.2) is 58.5 Å². The molecule has 1 spiro atoms. The smallest absolute Gasteiger partial charge is 0.314 e. The van der Waals surface area contributed by atoms with E-state index in [0.29, 0.717) is 4.88 Å². The molecule has 2 fully saturated rings. The van der Waals surface area contributed by atoms with Crippen LogP contribution >= 0.6 is 22.7 Å². The van der Waals surface area contributed by atoms with Crippen LogP contribution in [0.25, 0.3) is 16.2 Å². The largest absolute Gasteiger partial charge is 0.362 e. The van der Waals surface area contributed by atoms with Crippen molar-refractivity contribution in [2.24, 2.45) is 11.1 Å². The number of benzene rings is 1. The van der Waals surface area contributed by atoms with E-state index in [1.165, 1.54) is 21.9 Å². The number of nitrogens with zero attached hydrogens (tertiary/aromatic N) is 7. The van der Waals surface area contributed by atoms with E-state index in [-0.39, 0.29) is 11.4 Å². The van der Waals surface area contributed by atoms with Gasteiger partial charge in [0.05, 0.1) is 5.69 Å². The summed E-state index contributed by atoms with van der Waals surface area (Å²) < 4.78 is 2.17. The standard InChI is InChI=1S/C27H30N8OS2/c1-4-19-23(32(3)25-31-22(20(13-28)37-25)18-7-5-17(2)6-8-18)35-14-21(38-26(35)30-19)33-11-9-27(10-12-33)15-34(16-27)24(29)36/h5-8,14H,4,9-12,15-16H2,1-3H3,(H2,29,36). The van der Waals surface area contributed by atoms with Gasteiger partial charge in [-0.05, 0) is 26.2 Å². The van der Waals surface area contributed by atoms with Gasteiger partial charge in [0, 0.05) is 50.4 Å². The number of anilines is 3. The molecule has 0 radical (unpaired) electrons. The summed E-state index contributed by atoms with van der Waals surface area (Å²) in [6.45, 7) is 7.64. The van der Waals surface area contributed by atoms with E-state index >= 15 is 0 Å².